The van der Waals surface area contributed by atoms with Gasteiger partial charge in [-0.1, -0.05) is 33.6 Å². The smallest absolute Gasteiger partial charge is 0.0335 e. The molecule has 118 valence electrons. The van der Waals surface area contributed by atoms with Crippen molar-refractivity contribution in [3.8, 4) is 0 Å². The third kappa shape index (κ3) is 3.75. The van der Waals surface area contributed by atoms with Gasteiger partial charge in [0, 0.05) is 38.3 Å². The molecule has 20 heavy (non-hydrogen) atoms. The first kappa shape index (κ1) is 16.3. The summed E-state index contributed by atoms with van der Waals surface area (Å²) in [7, 11) is 0. The Labute approximate surface area is 125 Å². The Morgan fingerprint density at radius 1 is 1.20 bits per heavy atom. The summed E-state index contributed by atoms with van der Waals surface area (Å²) < 4.78 is 0. The Morgan fingerprint density at radius 3 is 2.45 bits per heavy atom. The quantitative estimate of drug-likeness (QED) is 0.840. The summed E-state index contributed by atoms with van der Waals surface area (Å²) in [5, 5.41) is 0. The number of nitrogens with two attached hydrogens (primary N) is 1. The van der Waals surface area contributed by atoms with E-state index in [2.05, 4.69) is 30.6 Å². The van der Waals surface area contributed by atoms with E-state index in [-0.39, 0.29) is 0 Å². The summed E-state index contributed by atoms with van der Waals surface area (Å²) >= 11 is 0. The van der Waals surface area contributed by atoms with Crippen molar-refractivity contribution in [3.63, 3.8) is 0 Å². The highest BCUT2D eigenvalue weighted by Crippen LogP contribution is 2.39. The maximum absolute atomic E-state index is 6.27. The second kappa shape index (κ2) is 7.24. The average molecular weight is 281 g/mol. The van der Waals surface area contributed by atoms with Crippen LogP contribution in [0.5, 0.6) is 0 Å². The third-order valence-electron chi connectivity index (χ3n) is 5.60. The van der Waals surface area contributed by atoms with Crippen molar-refractivity contribution < 1.29 is 0 Å². The van der Waals surface area contributed by atoms with Crippen LogP contribution in [0.4, 0.5) is 0 Å². The van der Waals surface area contributed by atoms with Crippen LogP contribution in [0, 0.1) is 11.8 Å². The van der Waals surface area contributed by atoms with Crippen LogP contribution < -0.4 is 5.73 Å². The topological polar surface area (TPSA) is 32.5 Å². The summed E-state index contributed by atoms with van der Waals surface area (Å²) in [6.07, 6.45) is 6.85. The lowest BCUT2D eigenvalue weighted by Crippen LogP contribution is -2.61. The molecule has 3 nitrogen and oxygen atoms in total. The van der Waals surface area contributed by atoms with Crippen LogP contribution in [0.25, 0.3) is 0 Å². The molecule has 0 bridgehead atoms. The SMILES string of the molecule is CCN1CCN(C2(CN)CCCC(CC(C)C)C2)CC1. The van der Waals surface area contributed by atoms with Crippen LogP contribution in [0.2, 0.25) is 0 Å². The van der Waals surface area contributed by atoms with Gasteiger partial charge >= 0.3 is 0 Å². The van der Waals surface area contributed by atoms with Crippen molar-refractivity contribution in [1.29, 1.82) is 0 Å². The number of hydrogen-bond acceptors (Lipinski definition) is 3. The van der Waals surface area contributed by atoms with Crippen molar-refractivity contribution in [2.75, 3.05) is 39.3 Å². The van der Waals surface area contributed by atoms with E-state index in [9.17, 15) is 0 Å². The van der Waals surface area contributed by atoms with E-state index in [0.717, 1.165) is 18.4 Å². The van der Waals surface area contributed by atoms with E-state index < -0.39 is 0 Å². The summed E-state index contributed by atoms with van der Waals surface area (Å²) in [5.41, 5.74) is 6.59. The van der Waals surface area contributed by atoms with Crippen molar-refractivity contribution in [2.24, 2.45) is 17.6 Å². The number of nitrogens with zero attached hydrogens (tertiary/aromatic N) is 2. The highest BCUT2D eigenvalue weighted by molar-refractivity contribution is 4.98. The van der Waals surface area contributed by atoms with E-state index >= 15 is 0 Å². The normalized spacial score (nSPS) is 33.8. The fourth-order valence-corrected chi connectivity index (χ4v) is 4.47. The van der Waals surface area contributed by atoms with Gasteiger partial charge in [-0.25, -0.2) is 0 Å². The first-order chi connectivity index (χ1) is 9.59. The molecule has 2 aliphatic rings. The highest BCUT2D eigenvalue weighted by atomic mass is 15.3. The third-order valence-corrected chi connectivity index (χ3v) is 5.60. The minimum atomic E-state index is 0.317. The van der Waals surface area contributed by atoms with Gasteiger partial charge in [0.05, 0.1) is 0 Å². The van der Waals surface area contributed by atoms with E-state index in [1.165, 1.54) is 64.8 Å². The first-order valence-corrected chi connectivity index (χ1v) is 8.77. The van der Waals surface area contributed by atoms with Crippen LogP contribution in [-0.2, 0) is 0 Å². The van der Waals surface area contributed by atoms with Gasteiger partial charge in [-0.2, -0.15) is 0 Å². The number of hydrogen-bond donors (Lipinski definition) is 1. The van der Waals surface area contributed by atoms with Crippen molar-refractivity contribution in [1.82, 2.24) is 9.80 Å². The lowest BCUT2D eigenvalue weighted by atomic mass is 9.72. The van der Waals surface area contributed by atoms with Gasteiger partial charge in [0.15, 0.2) is 0 Å². The molecular weight excluding hydrogens is 246 g/mol. The van der Waals surface area contributed by atoms with E-state index in [4.69, 9.17) is 5.73 Å². The van der Waals surface area contributed by atoms with Crippen molar-refractivity contribution in [3.05, 3.63) is 0 Å². The molecule has 1 saturated heterocycles. The number of piperazine rings is 1. The highest BCUT2D eigenvalue weighted by Gasteiger charge is 2.41. The zero-order valence-corrected chi connectivity index (χ0v) is 13.9. The maximum Gasteiger partial charge on any atom is 0.0335 e. The molecule has 1 saturated carbocycles. The minimum Gasteiger partial charge on any atom is -0.329 e. The summed E-state index contributed by atoms with van der Waals surface area (Å²) in [4.78, 5) is 5.31. The standard InChI is InChI=1S/C17H35N3/c1-4-19-8-10-20(11-9-19)17(14-18)7-5-6-16(13-17)12-15(2)3/h15-16H,4-14,18H2,1-3H3. The van der Waals surface area contributed by atoms with Gasteiger partial charge in [-0.15, -0.1) is 0 Å². The molecule has 1 aliphatic carbocycles. The Morgan fingerprint density at radius 2 is 1.90 bits per heavy atom. The van der Waals surface area contributed by atoms with Gasteiger partial charge < -0.3 is 10.6 Å². The minimum absolute atomic E-state index is 0.317. The van der Waals surface area contributed by atoms with Crippen molar-refractivity contribution in [2.45, 2.75) is 58.4 Å². The Bertz CT molecular complexity index is 284. The van der Waals surface area contributed by atoms with Gasteiger partial charge in [0.2, 0.25) is 0 Å². The monoisotopic (exact) mass is 281 g/mol. The van der Waals surface area contributed by atoms with Gasteiger partial charge in [0.1, 0.15) is 0 Å². The molecule has 0 aromatic rings. The molecule has 2 fully saturated rings. The summed E-state index contributed by atoms with van der Waals surface area (Å²) in [6, 6.07) is 0. The van der Waals surface area contributed by atoms with Crippen LogP contribution in [0.1, 0.15) is 52.9 Å². The summed E-state index contributed by atoms with van der Waals surface area (Å²) in [5.74, 6) is 1.72. The van der Waals surface area contributed by atoms with Crippen molar-refractivity contribution >= 4 is 0 Å². The maximum atomic E-state index is 6.27. The van der Waals surface area contributed by atoms with Crippen LogP contribution >= 0.6 is 0 Å². The lowest BCUT2D eigenvalue weighted by molar-refractivity contribution is -0.00278. The fraction of sp³-hybridized carbons (Fsp3) is 1.00. The largest absolute Gasteiger partial charge is 0.329 e. The van der Waals surface area contributed by atoms with Gasteiger partial charge in [-0.3, -0.25) is 4.90 Å². The molecule has 0 aromatic heterocycles. The molecule has 2 rings (SSSR count). The number of likely N-dealkylation sites (N-methyl/N-ethyl adjacent to an activating group) is 1. The molecule has 1 aliphatic heterocycles. The second-order valence-corrected chi connectivity index (χ2v) is 7.44. The molecule has 1 heterocycles. The molecule has 0 aromatic carbocycles. The van der Waals surface area contributed by atoms with Crippen LogP contribution in [-0.4, -0.2) is 54.6 Å². The van der Waals surface area contributed by atoms with Crippen LogP contribution in [0.15, 0.2) is 0 Å². The summed E-state index contributed by atoms with van der Waals surface area (Å²) in [6.45, 7) is 13.9. The first-order valence-electron chi connectivity index (χ1n) is 8.77. The Kier molecular flexibility index (Phi) is 5.88. The van der Waals surface area contributed by atoms with Crippen LogP contribution in [0.3, 0.4) is 0 Å². The predicted octanol–water partition coefficient (Wildman–Crippen LogP) is 2.56. The molecule has 0 radical (unpaired) electrons. The van der Waals surface area contributed by atoms with E-state index in [1.54, 1.807) is 0 Å². The van der Waals surface area contributed by atoms with E-state index in [0.29, 0.717) is 5.54 Å². The zero-order chi connectivity index (χ0) is 14.6. The molecule has 0 amide bonds. The fourth-order valence-electron chi connectivity index (χ4n) is 4.47. The van der Waals surface area contributed by atoms with E-state index in [1.807, 2.05) is 0 Å². The molecular formula is C17H35N3. The number of rotatable bonds is 5. The molecule has 3 heteroatoms. The average Bonchev–Trinajstić information content (AvgIpc) is 2.47. The Balaban J connectivity index is 1.97. The predicted molar refractivity (Wildman–Crippen MR) is 86.9 cm³/mol. The lowest BCUT2D eigenvalue weighted by Gasteiger charge is -2.51. The molecule has 2 unspecified atom stereocenters. The second-order valence-electron chi connectivity index (χ2n) is 7.44. The molecule has 2 atom stereocenters. The van der Waals surface area contributed by atoms with Gasteiger partial charge in [0.25, 0.3) is 0 Å². The zero-order valence-electron chi connectivity index (χ0n) is 13.9. The molecule has 0 spiro atoms. The van der Waals surface area contributed by atoms with Gasteiger partial charge in [-0.05, 0) is 37.6 Å². The molecule has 2 N–H and O–H groups in total. The Hall–Kier alpha value is -0.120.